The summed E-state index contributed by atoms with van der Waals surface area (Å²) in [5.41, 5.74) is 8.00. The fourth-order valence-electron chi connectivity index (χ4n) is 7.34. The smallest absolute Gasteiger partial charge is 0.345 e. The Bertz CT molecular complexity index is 1750. The van der Waals surface area contributed by atoms with Crippen LogP contribution in [0.3, 0.4) is 0 Å². The Morgan fingerprint density at radius 1 is 1.06 bits per heavy atom. The Morgan fingerprint density at radius 3 is 2.71 bits per heavy atom. The molecule has 2 aliphatic carbocycles. The molecule has 0 N–H and O–H groups in total. The van der Waals surface area contributed by atoms with E-state index in [0.29, 0.717) is 5.56 Å². The van der Waals surface area contributed by atoms with Crippen molar-refractivity contribution < 1.29 is 4.42 Å². The number of benzene rings is 3. The van der Waals surface area contributed by atoms with Gasteiger partial charge in [-0.3, -0.25) is 4.99 Å². The third-order valence-corrected chi connectivity index (χ3v) is 9.78. The van der Waals surface area contributed by atoms with Crippen molar-refractivity contribution in [2.45, 2.75) is 55.3 Å². The van der Waals surface area contributed by atoms with Crippen molar-refractivity contribution in [1.82, 2.24) is 0 Å². The molecule has 3 aromatic carbocycles. The Hall–Kier alpha value is -3.05. The summed E-state index contributed by atoms with van der Waals surface area (Å²) in [6, 6.07) is 14.7. The second-order valence-electron chi connectivity index (χ2n) is 11.6. The van der Waals surface area contributed by atoms with E-state index in [1.165, 1.54) is 16.8 Å². The van der Waals surface area contributed by atoms with Gasteiger partial charge in [-0.2, -0.15) is 0 Å². The van der Waals surface area contributed by atoms with Gasteiger partial charge >= 0.3 is 5.63 Å². The summed E-state index contributed by atoms with van der Waals surface area (Å²) in [5.74, 6) is 0.107. The number of nitrogens with zero attached hydrogens (tertiary/aromatic N) is 2. The molecule has 174 valence electrons. The fourth-order valence-corrected chi connectivity index (χ4v) is 7.67. The van der Waals surface area contributed by atoms with Gasteiger partial charge in [-0.05, 0) is 52.3 Å². The summed E-state index contributed by atoms with van der Waals surface area (Å²) >= 11 is 4.86. The van der Waals surface area contributed by atoms with Crippen LogP contribution >= 0.6 is 12.6 Å². The van der Waals surface area contributed by atoms with Crippen LogP contribution in [0.2, 0.25) is 0 Å². The SMILES string of the molecule is CC1(C)CCN2CCC3(C)c4c2c1cc1c2c(c(=O)oc41)C(=Nc1ccc4ccccc4c1S)C23. The second-order valence-corrected chi connectivity index (χ2v) is 12.0. The molecular formula is C30H26N2O2S. The van der Waals surface area contributed by atoms with Gasteiger partial charge in [0.25, 0.3) is 0 Å². The molecule has 4 aromatic rings. The van der Waals surface area contributed by atoms with E-state index >= 15 is 0 Å². The average Bonchev–Trinajstić information content (AvgIpc) is 2.81. The van der Waals surface area contributed by atoms with E-state index in [4.69, 9.17) is 22.0 Å². The Morgan fingerprint density at radius 2 is 1.86 bits per heavy atom. The number of anilines is 1. The highest BCUT2D eigenvalue weighted by Crippen LogP contribution is 2.63. The number of rotatable bonds is 1. The minimum absolute atomic E-state index is 0.107. The summed E-state index contributed by atoms with van der Waals surface area (Å²) in [4.78, 5) is 21.8. The van der Waals surface area contributed by atoms with E-state index in [-0.39, 0.29) is 22.4 Å². The van der Waals surface area contributed by atoms with Crippen molar-refractivity contribution in [3.63, 3.8) is 0 Å². The summed E-state index contributed by atoms with van der Waals surface area (Å²) in [6.07, 6.45) is 2.17. The van der Waals surface area contributed by atoms with Crippen LogP contribution in [0.25, 0.3) is 21.7 Å². The molecule has 4 bridgehead atoms. The van der Waals surface area contributed by atoms with Crippen LogP contribution in [0.4, 0.5) is 11.4 Å². The number of aliphatic imine (C=N–C) groups is 1. The first-order chi connectivity index (χ1) is 16.8. The molecule has 3 heterocycles. The summed E-state index contributed by atoms with van der Waals surface area (Å²) < 4.78 is 6.13. The topological polar surface area (TPSA) is 45.8 Å². The van der Waals surface area contributed by atoms with Crippen molar-refractivity contribution in [1.29, 1.82) is 0 Å². The lowest BCUT2D eigenvalue weighted by molar-refractivity contribution is 0.345. The molecule has 0 saturated heterocycles. The molecule has 0 radical (unpaired) electrons. The maximum absolute atomic E-state index is 13.3. The zero-order valence-corrected chi connectivity index (χ0v) is 21.0. The molecule has 4 nitrogen and oxygen atoms in total. The highest BCUT2D eigenvalue weighted by Gasteiger charge is 2.58. The minimum atomic E-state index is -0.255. The van der Waals surface area contributed by atoms with Gasteiger partial charge in [0.1, 0.15) is 5.58 Å². The third-order valence-electron chi connectivity index (χ3n) is 9.31. The maximum Gasteiger partial charge on any atom is 0.345 e. The molecule has 4 aliphatic rings. The third kappa shape index (κ3) is 2.27. The summed E-state index contributed by atoms with van der Waals surface area (Å²) in [5, 5.41) is 3.33. The van der Waals surface area contributed by atoms with E-state index in [2.05, 4.69) is 49.9 Å². The summed E-state index contributed by atoms with van der Waals surface area (Å²) in [7, 11) is 0. The number of hydrogen-bond donors (Lipinski definition) is 1. The molecule has 0 saturated carbocycles. The van der Waals surface area contributed by atoms with Gasteiger partial charge in [0.15, 0.2) is 0 Å². The lowest BCUT2D eigenvalue weighted by Gasteiger charge is -2.56. The number of thiol groups is 1. The first-order valence-electron chi connectivity index (χ1n) is 12.5. The first-order valence-corrected chi connectivity index (χ1v) is 13.0. The van der Waals surface area contributed by atoms with Crippen molar-refractivity contribution in [3.05, 3.63) is 75.1 Å². The largest absolute Gasteiger partial charge is 0.422 e. The maximum atomic E-state index is 13.3. The molecule has 0 fully saturated rings. The van der Waals surface area contributed by atoms with Crippen LogP contribution in [0, 0.1) is 0 Å². The lowest BCUT2D eigenvalue weighted by atomic mass is 9.52. The van der Waals surface area contributed by atoms with Gasteiger partial charge in [0.05, 0.1) is 17.0 Å². The predicted octanol–water partition coefficient (Wildman–Crippen LogP) is 6.62. The van der Waals surface area contributed by atoms with E-state index in [1.807, 2.05) is 18.2 Å². The highest BCUT2D eigenvalue weighted by atomic mass is 32.1. The van der Waals surface area contributed by atoms with Crippen LogP contribution in [-0.2, 0) is 10.8 Å². The molecule has 0 spiro atoms. The van der Waals surface area contributed by atoms with E-state index in [9.17, 15) is 4.79 Å². The van der Waals surface area contributed by atoms with Crippen molar-refractivity contribution in [3.8, 4) is 0 Å². The molecule has 35 heavy (non-hydrogen) atoms. The molecular weight excluding hydrogens is 452 g/mol. The van der Waals surface area contributed by atoms with Gasteiger partial charge in [0.2, 0.25) is 0 Å². The van der Waals surface area contributed by atoms with Gasteiger partial charge in [-0.15, -0.1) is 12.6 Å². The Labute approximate surface area is 209 Å². The molecule has 1 aromatic heterocycles. The highest BCUT2D eigenvalue weighted by molar-refractivity contribution is 7.80. The minimum Gasteiger partial charge on any atom is -0.422 e. The van der Waals surface area contributed by atoms with E-state index in [0.717, 1.165) is 69.5 Å². The second kappa shape index (κ2) is 6.19. The normalized spacial score (nSPS) is 26.0. The molecule has 2 atom stereocenters. The average molecular weight is 479 g/mol. The zero-order chi connectivity index (χ0) is 23.9. The fraction of sp³-hybridized carbons (Fsp3) is 0.333. The number of fused-ring (bicyclic) bond motifs is 2. The zero-order valence-electron chi connectivity index (χ0n) is 20.1. The molecule has 0 amide bonds. The van der Waals surface area contributed by atoms with Gasteiger partial charge < -0.3 is 9.32 Å². The van der Waals surface area contributed by atoms with Gasteiger partial charge in [-0.25, -0.2) is 4.79 Å². The first kappa shape index (κ1) is 20.2. The molecule has 2 unspecified atom stereocenters. The van der Waals surface area contributed by atoms with Crippen LogP contribution < -0.4 is 10.5 Å². The predicted molar refractivity (Wildman–Crippen MR) is 144 cm³/mol. The molecule has 2 aliphatic heterocycles. The monoisotopic (exact) mass is 478 g/mol. The Balaban J connectivity index is 1.45. The van der Waals surface area contributed by atoms with Crippen molar-refractivity contribution in [2.75, 3.05) is 18.0 Å². The summed E-state index contributed by atoms with van der Waals surface area (Å²) in [6.45, 7) is 9.15. The quantitative estimate of drug-likeness (QED) is 0.247. The standard InChI is InChI=1S/C30H26N2O2S/c1-29(2)10-12-32-13-11-30(3)22-20-17-14-18(29)25(32)23(30)26(17)34-28(33)21(20)24(22)31-19-9-8-15-6-4-5-7-16(15)27(19)35/h4-9,14,22,35H,10-13H2,1-3H3. The molecule has 8 rings (SSSR count). The Kier molecular flexibility index (Phi) is 3.57. The number of hydrogen-bond acceptors (Lipinski definition) is 5. The van der Waals surface area contributed by atoms with Gasteiger partial charge in [-0.1, -0.05) is 51.1 Å². The molecule has 5 heteroatoms. The van der Waals surface area contributed by atoms with Crippen molar-refractivity contribution >= 4 is 51.5 Å². The van der Waals surface area contributed by atoms with Crippen LogP contribution in [0.5, 0.6) is 0 Å². The van der Waals surface area contributed by atoms with Gasteiger partial charge in [0, 0.05) is 46.0 Å². The van der Waals surface area contributed by atoms with E-state index in [1.54, 1.807) is 0 Å². The van der Waals surface area contributed by atoms with Crippen LogP contribution in [0.1, 0.15) is 61.8 Å². The van der Waals surface area contributed by atoms with E-state index < -0.39 is 0 Å². The lowest BCUT2D eigenvalue weighted by Crippen LogP contribution is -2.54. The van der Waals surface area contributed by atoms with Crippen LogP contribution in [-0.4, -0.2) is 18.8 Å². The van der Waals surface area contributed by atoms with Crippen molar-refractivity contribution in [2.24, 2.45) is 4.99 Å². The van der Waals surface area contributed by atoms with Crippen LogP contribution in [0.15, 0.2) is 61.6 Å².